The first-order chi connectivity index (χ1) is 21.2. The molecule has 0 bridgehead atoms. The number of aliphatic carboxylic acids is 1. The fourth-order valence-electron chi connectivity index (χ4n) is 4.86. The van der Waals surface area contributed by atoms with E-state index in [1.165, 1.54) is 19.2 Å². The Hall–Kier alpha value is -4.23. The molecule has 0 saturated carbocycles. The van der Waals surface area contributed by atoms with Crippen LogP contribution in [0.2, 0.25) is 0 Å². The summed E-state index contributed by atoms with van der Waals surface area (Å²) in [6.45, 7) is 4.34. The third-order valence-electron chi connectivity index (χ3n) is 7.49. The molecule has 0 radical (unpaired) electrons. The smallest absolute Gasteiger partial charge is 0.418 e. The summed E-state index contributed by atoms with van der Waals surface area (Å²) in [5.74, 6) is -3.20. The zero-order valence-corrected chi connectivity index (χ0v) is 25.7. The molecule has 18 heteroatoms. The fraction of sp³-hybridized carbons (Fsp3) is 0.407. The van der Waals surface area contributed by atoms with Crippen LogP contribution in [0.15, 0.2) is 40.9 Å². The maximum atomic E-state index is 13.3. The Balaban J connectivity index is 1.27. The number of carboxylic acids is 1. The van der Waals surface area contributed by atoms with Crippen LogP contribution in [-0.2, 0) is 40.3 Å². The van der Waals surface area contributed by atoms with E-state index < -0.39 is 64.4 Å². The number of anilines is 1. The Bertz CT molecular complexity index is 1770. The summed E-state index contributed by atoms with van der Waals surface area (Å²) in [6.07, 6.45) is -1.25. The quantitative estimate of drug-likeness (QED) is 0.0823. The van der Waals surface area contributed by atoms with E-state index in [9.17, 15) is 27.9 Å². The lowest BCUT2D eigenvalue weighted by molar-refractivity contribution is -0.228. The highest BCUT2D eigenvalue weighted by Crippen LogP contribution is 2.40. The van der Waals surface area contributed by atoms with Gasteiger partial charge in [-0.25, -0.2) is 9.78 Å². The van der Waals surface area contributed by atoms with Crippen LogP contribution in [0.4, 0.5) is 5.13 Å². The third kappa shape index (κ3) is 7.36. The highest BCUT2D eigenvalue weighted by atomic mass is 32.3. The highest BCUT2D eigenvalue weighted by Gasteiger charge is 2.57. The largest absolute Gasteiger partial charge is 0.489 e. The molecule has 240 valence electrons. The van der Waals surface area contributed by atoms with E-state index in [1.807, 2.05) is 12.1 Å². The lowest BCUT2D eigenvalue weighted by Gasteiger charge is -2.50. The van der Waals surface area contributed by atoms with E-state index in [2.05, 4.69) is 24.7 Å². The van der Waals surface area contributed by atoms with Crippen molar-refractivity contribution < 1.29 is 46.3 Å². The normalized spacial score (nSPS) is 19.1. The number of ether oxygens (including phenoxy) is 1. The second-order valence-electron chi connectivity index (χ2n) is 11.1. The van der Waals surface area contributed by atoms with Crippen molar-refractivity contribution in [2.45, 2.75) is 38.3 Å². The second kappa shape index (κ2) is 12.6. The Labute approximate surface area is 261 Å². The molecule has 5 rings (SSSR count). The molecule has 3 aromatic rings. The molecule has 0 spiro atoms. The maximum Gasteiger partial charge on any atom is 0.418 e. The Morgan fingerprint density at radius 3 is 2.60 bits per heavy atom. The van der Waals surface area contributed by atoms with Gasteiger partial charge in [0.15, 0.2) is 16.6 Å². The predicted molar refractivity (Wildman–Crippen MR) is 160 cm³/mol. The minimum Gasteiger partial charge on any atom is -0.489 e. The summed E-state index contributed by atoms with van der Waals surface area (Å²) >= 11 is 0.992. The lowest BCUT2D eigenvalue weighted by atomic mass is 9.74. The first-order valence-electron chi connectivity index (χ1n) is 13.7. The number of aromatic nitrogens is 2. The van der Waals surface area contributed by atoms with Crippen molar-refractivity contribution in [2.75, 3.05) is 25.4 Å². The molecule has 2 aliphatic heterocycles. The first-order valence-corrected chi connectivity index (χ1v) is 15.9. The number of hydrogen-bond acceptors (Lipinski definition) is 14. The van der Waals surface area contributed by atoms with Crippen LogP contribution < -0.4 is 15.8 Å². The first kappa shape index (κ1) is 32.2. The van der Waals surface area contributed by atoms with E-state index in [0.717, 1.165) is 47.4 Å². The van der Waals surface area contributed by atoms with Crippen molar-refractivity contribution in [3.63, 3.8) is 0 Å². The molecule has 45 heavy (non-hydrogen) atoms. The number of rotatable bonds is 14. The SMILES string of the molecule is CC1(C)C(CC(=O)/C(=N\O[C@@H](COc2ccc3nc(CC4CNC4)ccc3c2)C(=O)O)c2csc(N)n2)C(=O)N1OS(=O)(=O)O. The van der Waals surface area contributed by atoms with E-state index >= 15 is 0 Å². The van der Waals surface area contributed by atoms with Crippen LogP contribution >= 0.6 is 11.3 Å². The summed E-state index contributed by atoms with van der Waals surface area (Å²) in [6, 6.07) is 9.02. The topological polar surface area (TPSA) is 233 Å². The zero-order chi connectivity index (χ0) is 32.5. The van der Waals surface area contributed by atoms with Gasteiger partial charge in [0.1, 0.15) is 18.1 Å². The zero-order valence-electron chi connectivity index (χ0n) is 24.1. The van der Waals surface area contributed by atoms with Crippen LogP contribution in [0.3, 0.4) is 0 Å². The number of carbonyl (C=O) groups excluding carboxylic acids is 2. The standard InChI is InChI=1S/C27H30N6O10S2/c1-27(2)18(24(35)33(27)43-45(38,39)40)9-21(34)23(20-13-44-26(28)31-20)32-42-22(25(36)37)12-41-17-5-6-19-15(8-17)3-4-16(30-19)7-14-10-29-11-14/h3-6,8,13-14,18,22,29H,7,9-12H2,1-2H3,(H2,28,31)(H,36,37)(H,38,39,40)/b32-23-/t18?,22-/m0/s1. The van der Waals surface area contributed by atoms with Gasteiger partial charge >= 0.3 is 16.4 Å². The van der Waals surface area contributed by atoms with Crippen molar-refractivity contribution in [1.29, 1.82) is 0 Å². The number of pyridine rings is 1. The Morgan fingerprint density at radius 1 is 1.24 bits per heavy atom. The van der Waals surface area contributed by atoms with Gasteiger partial charge in [-0.3, -0.25) is 19.1 Å². The Morgan fingerprint density at radius 2 is 2.00 bits per heavy atom. The number of ketones is 1. The average Bonchev–Trinajstić information content (AvgIpc) is 3.38. The molecule has 16 nitrogen and oxygen atoms in total. The Kier molecular flexibility index (Phi) is 9.04. The minimum absolute atomic E-state index is 0.0156. The number of nitrogens with zero attached hydrogens (tertiary/aromatic N) is 4. The van der Waals surface area contributed by atoms with Gasteiger partial charge in [0.2, 0.25) is 0 Å². The summed E-state index contributed by atoms with van der Waals surface area (Å²) in [5, 5.41) is 19.5. The number of amides is 1. The van der Waals surface area contributed by atoms with E-state index in [1.54, 1.807) is 18.2 Å². The average molecular weight is 663 g/mol. The molecule has 1 unspecified atom stereocenters. The molecule has 2 aliphatic rings. The van der Waals surface area contributed by atoms with E-state index in [-0.39, 0.29) is 10.8 Å². The predicted octanol–water partition coefficient (Wildman–Crippen LogP) is 1.22. The summed E-state index contributed by atoms with van der Waals surface area (Å²) in [5.41, 5.74) is 5.74. The van der Waals surface area contributed by atoms with Gasteiger partial charge in [-0.05, 0) is 63.5 Å². The molecule has 5 N–H and O–H groups in total. The number of nitrogen functional groups attached to an aromatic ring is 1. The molecule has 2 fully saturated rings. The van der Waals surface area contributed by atoms with Crippen molar-refractivity contribution in [2.24, 2.45) is 17.0 Å². The number of benzene rings is 1. The van der Waals surface area contributed by atoms with Crippen LogP contribution in [-0.4, -0.2) is 87.8 Å². The molecule has 1 aromatic carbocycles. The second-order valence-corrected chi connectivity index (χ2v) is 13.0. The molecule has 2 saturated heterocycles. The third-order valence-corrected chi connectivity index (χ3v) is 8.50. The van der Waals surface area contributed by atoms with Gasteiger partial charge in [0.05, 0.1) is 17.0 Å². The van der Waals surface area contributed by atoms with E-state index in [0.29, 0.717) is 16.7 Å². The van der Waals surface area contributed by atoms with Gasteiger partial charge in [0.25, 0.3) is 12.0 Å². The van der Waals surface area contributed by atoms with Crippen LogP contribution in [0.5, 0.6) is 5.75 Å². The number of fused-ring (bicyclic) bond motifs is 1. The van der Waals surface area contributed by atoms with Crippen LogP contribution in [0.1, 0.15) is 31.7 Å². The van der Waals surface area contributed by atoms with Crippen LogP contribution in [0, 0.1) is 11.8 Å². The molecule has 0 aliphatic carbocycles. The fourth-order valence-corrected chi connectivity index (χ4v) is 5.86. The van der Waals surface area contributed by atoms with Gasteiger partial charge < -0.3 is 25.7 Å². The van der Waals surface area contributed by atoms with Crippen molar-refractivity contribution in [3.8, 4) is 5.75 Å². The number of β-lactam (4-membered cyclic amide) rings is 1. The molecule has 4 heterocycles. The van der Waals surface area contributed by atoms with Gasteiger partial charge in [-0.2, -0.15) is 13.5 Å². The van der Waals surface area contributed by atoms with Crippen molar-refractivity contribution in [3.05, 3.63) is 47.1 Å². The monoisotopic (exact) mass is 662 g/mol. The van der Waals surface area contributed by atoms with Crippen molar-refractivity contribution in [1.82, 2.24) is 20.3 Å². The number of thiazole rings is 1. The number of nitrogens with one attached hydrogen (secondary N) is 1. The van der Waals surface area contributed by atoms with Gasteiger partial charge in [0, 0.05) is 22.9 Å². The number of hydroxylamine groups is 2. The molecular weight excluding hydrogens is 632 g/mol. The molecule has 1 amide bonds. The van der Waals surface area contributed by atoms with Crippen LogP contribution in [0.25, 0.3) is 10.9 Å². The summed E-state index contributed by atoms with van der Waals surface area (Å²) in [4.78, 5) is 51.8. The molecular formula is C27H30N6O10S2. The number of oxime groups is 1. The highest BCUT2D eigenvalue weighted by molar-refractivity contribution is 7.80. The number of nitrogens with two attached hydrogens (primary N) is 1. The van der Waals surface area contributed by atoms with E-state index in [4.69, 9.17) is 19.9 Å². The minimum atomic E-state index is -4.98. The van der Waals surface area contributed by atoms with Gasteiger partial charge in [-0.15, -0.1) is 15.6 Å². The number of Topliss-reactive ketones (excluding diaryl/α,β-unsaturated/α-hetero) is 1. The lowest BCUT2D eigenvalue weighted by Crippen LogP contribution is -2.68. The maximum absolute atomic E-state index is 13.3. The molecule has 2 atom stereocenters. The number of hydrogen-bond donors (Lipinski definition) is 4. The summed E-state index contributed by atoms with van der Waals surface area (Å²) < 4.78 is 41.2. The number of carboxylic acid groups (broad SMARTS) is 1. The summed E-state index contributed by atoms with van der Waals surface area (Å²) in [7, 11) is -4.98. The van der Waals surface area contributed by atoms with Gasteiger partial charge in [-0.1, -0.05) is 11.2 Å². The van der Waals surface area contributed by atoms with Crippen molar-refractivity contribution >= 4 is 61.1 Å². The molecule has 2 aromatic heterocycles. The number of carbonyl (C=O) groups is 3.